The van der Waals surface area contributed by atoms with Crippen molar-refractivity contribution in [3.05, 3.63) is 34.9 Å². The molecule has 0 saturated carbocycles. The first kappa shape index (κ1) is 26.4. The highest BCUT2D eigenvalue weighted by Gasteiger charge is 2.22. The second-order valence-electron chi connectivity index (χ2n) is 8.29. The van der Waals surface area contributed by atoms with E-state index in [9.17, 15) is 14.4 Å². The highest BCUT2D eigenvalue weighted by atomic mass is 16.6. The number of likely N-dealkylation sites (N-methyl/N-ethyl adjacent to an activating group) is 1. The number of alkyl carbamates (subject to hydrolysis) is 1. The van der Waals surface area contributed by atoms with Gasteiger partial charge in [-0.15, -0.1) is 0 Å². The second kappa shape index (κ2) is 12.9. The van der Waals surface area contributed by atoms with E-state index in [1.807, 2.05) is 7.05 Å². The highest BCUT2D eigenvalue weighted by Crippen LogP contribution is 2.14. The molecule has 1 aromatic rings. The van der Waals surface area contributed by atoms with Gasteiger partial charge in [-0.25, -0.2) is 4.79 Å². The Kier molecular flexibility index (Phi) is 11.0. The van der Waals surface area contributed by atoms with Crippen LogP contribution in [0.3, 0.4) is 0 Å². The van der Waals surface area contributed by atoms with Crippen molar-refractivity contribution in [2.45, 2.75) is 64.8 Å². The fraction of sp³-hybridized carbons (Fsp3) is 0.591. The summed E-state index contributed by atoms with van der Waals surface area (Å²) in [7, 11) is 3.41. The lowest BCUT2D eigenvalue weighted by Gasteiger charge is -2.21. The Morgan fingerprint density at radius 1 is 1.13 bits per heavy atom. The minimum Gasteiger partial charge on any atom is -0.444 e. The Labute approximate surface area is 184 Å². The van der Waals surface area contributed by atoms with Gasteiger partial charge in [0, 0.05) is 25.7 Å². The standard InChI is InChI=1S/C22H37N5O4/c1-22(2,3)31-21(30)26-14-16-12-15(13-23)9-10-17(16)19(28)27-18(20(29)25-5)8-6-7-11-24-4/h9-10,12,18,24H,6-8,11,13-14,23H2,1-5H3,(H,25,29)(H,26,30)(H,27,28)/t18-/m0/s1. The molecule has 6 N–H and O–H groups in total. The van der Waals surface area contributed by atoms with Gasteiger partial charge in [-0.1, -0.05) is 12.1 Å². The van der Waals surface area contributed by atoms with Gasteiger partial charge in [0.05, 0.1) is 0 Å². The number of nitrogens with one attached hydrogen (secondary N) is 4. The first-order chi connectivity index (χ1) is 14.6. The smallest absolute Gasteiger partial charge is 0.407 e. The topological polar surface area (TPSA) is 135 Å². The molecule has 0 bridgehead atoms. The van der Waals surface area contributed by atoms with Crippen molar-refractivity contribution in [2.75, 3.05) is 20.6 Å². The van der Waals surface area contributed by atoms with Gasteiger partial charge in [-0.05, 0) is 70.8 Å². The molecule has 1 aromatic carbocycles. The van der Waals surface area contributed by atoms with Crippen molar-refractivity contribution in [2.24, 2.45) is 5.73 Å². The Hall–Kier alpha value is -2.65. The number of carbonyl (C=O) groups excluding carboxylic acids is 3. The van der Waals surface area contributed by atoms with E-state index in [4.69, 9.17) is 10.5 Å². The number of benzene rings is 1. The fourth-order valence-corrected chi connectivity index (χ4v) is 2.95. The first-order valence-corrected chi connectivity index (χ1v) is 10.6. The summed E-state index contributed by atoms with van der Waals surface area (Å²) in [5.74, 6) is -0.628. The van der Waals surface area contributed by atoms with Crippen LogP contribution < -0.4 is 27.0 Å². The lowest BCUT2D eigenvalue weighted by Crippen LogP contribution is -2.46. The Morgan fingerprint density at radius 2 is 1.84 bits per heavy atom. The zero-order valence-electron chi connectivity index (χ0n) is 19.3. The summed E-state index contributed by atoms with van der Waals surface area (Å²) < 4.78 is 5.26. The van der Waals surface area contributed by atoms with Crippen molar-refractivity contribution < 1.29 is 19.1 Å². The van der Waals surface area contributed by atoms with Gasteiger partial charge in [-0.2, -0.15) is 0 Å². The maximum Gasteiger partial charge on any atom is 0.407 e. The van der Waals surface area contributed by atoms with E-state index in [0.29, 0.717) is 24.1 Å². The molecule has 0 heterocycles. The first-order valence-electron chi connectivity index (χ1n) is 10.6. The van der Waals surface area contributed by atoms with Gasteiger partial charge in [0.1, 0.15) is 11.6 Å². The molecule has 0 aliphatic carbocycles. The zero-order valence-corrected chi connectivity index (χ0v) is 19.3. The average molecular weight is 436 g/mol. The van der Waals surface area contributed by atoms with Crippen LogP contribution in [0.25, 0.3) is 0 Å². The predicted octanol–water partition coefficient (Wildman–Crippen LogP) is 1.40. The van der Waals surface area contributed by atoms with Gasteiger partial charge in [0.2, 0.25) is 5.91 Å². The van der Waals surface area contributed by atoms with Crippen LogP contribution in [0.2, 0.25) is 0 Å². The number of unbranched alkanes of at least 4 members (excludes halogenated alkanes) is 1. The molecule has 3 amide bonds. The number of hydrogen-bond acceptors (Lipinski definition) is 6. The molecule has 0 spiro atoms. The Morgan fingerprint density at radius 3 is 2.42 bits per heavy atom. The molecule has 0 aromatic heterocycles. The summed E-state index contributed by atoms with van der Waals surface area (Å²) in [6.45, 7) is 6.56. The highest BCUT2D eigenvalue weighted by molar-refractivity contribution is 5.98. The van der Waals surface area contributed by atoms with Crippen molar-refractivity contribution in [3.63, 3.8) is 0 Å². The van der Waals surface area contributed by atoms with Gasteiger partial charge in [0.15, 0.2) is 0 Å². The third-order valence-electron chi connectivity index (χ3n) is 4.51. The minimum atomic E-state index is -0.643. The van der Waals surface area contributed by atoms with Gasteiger partial charge >= 0.3 is 6.09 Å². The number of nitrogens with two attached hydrogens (primary N) is 1. The van der Waals surface area contributed by atoms with E-state index >= 15 is 0 Å². The van der Waals surface area contributed by atoms with E-state index in [0.717, 1.165) is 24.9 Å². The molecule has 0 aliphatic heterocycles. The van der Waals surface area contributed by atoms with E-state index in [1.165, 1.54) is 0 Å². The normalized spacial score (nSPS) is 12.1. The SMILES string of the molecule is CNCCCC[C@H](NC(=O)c1ccc(CN)cc1CNC(=O)OC(C)(C)C)C(=O)NC. The monoisotopic (exact) mass is 435 g/mol. The van der Waals surface area contributed by atoms with Crippen LogP contribution in [0.1, 0.15) is 61.5 Å². The molecule has 174 valence electrons. The second-order valence-corrected chi connectivity index (χ2v) is 8.29. The van der Waals surface area contributed by atoms with Crippen LogP contribution in [0.5, 0.6) is 0 Å². The molecule has 31 heavy (non-hydrogen) atoms. The Balaban J connectivity index is 2.95. The van der Waals surface area contributed by atoms with E-state index < -0.39 is 17.7 Å². The number of ether oxygens (including phenoxy) is 1. The molecular formula is C22H37N5O4. The van der Waals surface area contributed by atoms with Crippen LogP contribution >= 0.6 is 0 Å². The molecule has 1 atom stereocenters. The summed E-state index contributed by atoms with van der Waals surface area (Å²) in [4.78, 5) is 37.3. The van der Waals surface area contributed by atoms with E-state index in [2.05, 4.69) is 21.3 Å². The van der Waals surface area contributed by atoms with Gasteiger partial charge in [0.25, 0.3) is 5.91 Å². The van der Waals surface area contributed by atoms with Crippen LogP contribution in [-0.4, -0.2) is 50.2 Å². The number of rotatable bonds is 11. The maximum atomic E-state index is 13.0. The van der Waals surface area contributed by atoms with Crippen LogP contribution in [-0.2, 0) is 22.6 Å². The number of hydrogen-bond donors (Lipinski definition) is 5. The minimum absolute atomic E-state index is 0.0956. The van der Waals surface area contributed by atoms with E-state index in [1.54, 1.807) is 46.0 Å². The lowest BCUT2D eigenvalue weighted by atomic mass is 10.0. The zero-order chi connectivity index (χ0) is 23.4. The largest absolute Gasteiger partial charge is 0.444 e. The third-order valence-corrected chi connectivity index (χ3v) is 4.51. The Bertz CT molecular complexity index is 746. The van der Waals surface area contributed by atoms with Crippen molar-refractivity contribution in [1.82, 2.24) is 21.3 Å². The van der Waals surface area contributed by atoms with Gasteiger partial charge < -0.3 is 31.7 Å². The van der Waals surface area contributed by atoms with Crippen LogP contribution in [0, 0.1) is 0 Å². The predicted molar refractivity (Wildman–Crippen MR) is 121 cm³/mol. The lowest BCUT2D eigenvalue weighted by molar-refractivity contribution is -0.122. The molecule has 9 nitrogen and oxygen atoms in total. The molecular weight excluding hydrogens is 398 g/mol. The molecule has 0 aliphatic rings. The van der Waals surface area contributed by atoms with Crippen molar-refractivity contribution >= 4 is 17.9 Å². The number of amides is 3. The summed E-state index contributed by atoms with van der Waals surface area (Å²) in [6.07, 6.45) is 1.64. The van der Waals surface area contributed by atoms with Gasteiger partial charge in [-0.3, -0.25) is 9.59 Å². The molecule has 0 saturated heterocycles. The summed E-state index contributed by atoms with van der Waals surface area (Å²) in [5, 5.41) is 11.1. The molecule has 9 heteroatoms. The molecule has 0 unspecified atom stereocenters. The maximum absolute atomic E-state index is 13.0. The third kappa shape index (κ3) is 9.80. The molecule has 1 rings (SSSR count). The van der Waals surface area contributed by atoms with E-state index in [-0.39, 0.29) is 18.4 Å². The van der Waals surface area contributed by atoms with Crippen molar-refractivity contribution in [3.8, 4) is 0 Å². The average Bonchev–Trinajstić information content (AvgIpc) is 2.72. The summed E-state index contributed by atoms with van der Waals surface area (Å²) in [5.41, 5.74) is 6.90. The van der Waals surface area contributed by atoms with Crippen LogP contribution in [0.15, 0.2) is 18.2 Å². The van der Waals surface area contributed by atoms with Crippen LogP contribution in [0.4, 0.5) is 4.79 Å². The fourth-order valence-electron chi connectivity index (χ4n) is 2.95. The summed E-state index contributed by atoms with van der Waals surface area (Å²) >= 11 is 0. The molecule has 0 fully saturated rings. The van der Waals surface area contributed by atoms with Crippen molar-refractivity contribution in [1.29, 1.82) is 0 Å². The summed E-state index contributed by atoms with van der Waals surface area (Å²) in [6, 6.07) is 4.54. The molecule has 0 radical (unpaired) electrons. The quantitative estimate of drug-likeness (QED) is 0.334. The number of carbonyl (C=O) groups is 3.